The summed E-state index contributed by atoms with van der Waals surface area (Å²) in [5.74, 6) is -3.30. The predicted octanol–water partition coefficient (Wildman–Crippen LogP) is 1.41. The Hall–Kier alpha value is -1.91. The van der Waals surface area contributed by atoms with Crippen LogP contribution in [0.15, 0.2) is 12.1 Å². The second-order valence-electron chi connectivity index (χ2n) is 2.89. The summed E-state index contributed by atoms with van der Waals surface area (Å²) < 4.78 is 17.9. The summed E-state index contributed by atoms with van der Waals surface area (Å²) in [6, 6.07) is 2.13. The summed E-state index contributed by atoms with van der Waals surface area (Å²) in [6.07, 6.45) is 0. The number of hydrogen-bond acceptors (Lipinski definition) is 3. The highest BCUT2D eigenvalue weighted by molar-refractivity contribution is 6.40. The Bertz CT molecular complexity index is 426. The second kappa shape index (κ2) is 4.08. The van der Waals surface area contributed by atoms with Crippen molar-refractivity contribution >= 4 is 11.8 Å². The van der Waals surface area contributed by atoms with E-state index in [1.54, 1.807) is 0 Å². The molecule has 1 rings (SSSR count). The zero-order chi connectivity index (χ0) is 11.6. The van der Waals surface area contributed by atoms with E-state index in [0.29, 0.717) is 0 Å². The van der Waals surface area contributed by atoms with Gasteiger partial charge in [0.15, 0.2) is 0 Å². The molecular formula is C10H9FO4. The van der Waals surface area contributed by atoms with Gasteiger partial charge in [-0.05, 0) is 19.1 Å². The molecule has 0 aliphatic rings. The van der Waals surface area contributed by atoms with Crippen LogP contribution in [0.1, 0.15) is 15.9 Å². The van der Waals surface area contributed by atoms with Gasteiger partial charge in [0.1, 0.15) is 11.6 Å². The first-order chi connectivity index (χ1) is 6.99. The minimum atomic E-state index is -1.60. The topological polar surface area (TPSA) is 63.6 Å². The smallest absolute Gasteiger partial charge is 0.377 e. The number of aliphatic carboxylic acids is 1. The number of methoxy groups -OCH3 is 1. The van der Waals surface area contributed by atoms with Gasteiger partial charge in [-0.2, -0.15) is 0 Å². The van der Waals surface area contributed by atoms with Crippen molar-refractivity contribution < 1.29 is 23.8 Å². The number of Topliss-reactive ketones (excluding diaryl/α,β-unsaturated/α-hetero) is 1. The monoisotopic (exact) mass is 212 g/mol. The Morgan fingerprint density at radius 1 is 1.40 bits per heavy atom. The molecule has 0 aliphatic heterocycles. The van der Waals surface area contributed by atoms with Crippen molar-refractivity contribution in [2.45, 2.75) is 6.92 Å². The summed E-state index contributed by atoms with van der Waals surface area (Å²) in [5.41, 5.74) is -0.0338. The zero-order valence-electron chi connectivity index (χ0n) is 8.20. The average Bonchev–Trinajstić information content (AvgIpc) is 2.20. The van der Waals surface area contributed by atoms with Crippen LogP contribution in [0, 0.1) is 12.7 Å². The zero-order valence-corrected chi connectivity index (χ0v) is 8.20. The molecule has 1 aromatic carbocycles. The molecule has 1 N–H and O–H groups in total. The number of benzene rings is 1. The van der Waals surface area contributed by atoms with Crippen molar-refractivity contribution in [3.63, 3.8) is 0 Å². The van der Waals surface area contributed by atoms with Gasteiger partial charge >= 0.3 is 5.97 Å². The molecule has 15 heavy (non-hydrogen) atoms. The van der Waals surface area contributed by atoms with E-state index in [9.17, 15) is 14.0 Å². The van der Waals surface area contributed by atoms with E-state index in [4.69, 9.17) is 9.84 Å². The van der Waals surface area contributed by atoms with E-state index in [1.165, 1.54) is 14.0 Å². The lowest BCUT2D eigenvalue weighted by Gasteiger charge is -2.09. The molecule has 0 atom stereocenters. The summed E-state index contributed by atoms with van der Waals surface area (Å²) in [5, 5.41) is 8.52. The minimum Gasteiger partial charge on any atom is -0.496 e. The van der Waals surface area contributed by atoms with Crippen LogP contribution in [0.25, 0.3) is 0 Å². The molecule has 0 unspecified atom stereocenters. The van der Waals surface area contributed by atoms with Crippen molar-refractivity contribution in [1.29, 1.82) is 0 Å². The molecule has 0 fully saturated rings. The highest BCUT2D eigenvalue weighted by atomic mass is 19.1. The maximum atomic E-state index is 13.1. The molecule has 0 heterocycles. The second-order valence-corrected chi connectivity index (χ2v) is 2.89. The average molecular weight is 212 g/mol. The van der Waals surface area contributed by atoms with Crippen molar-refractivity contribution in [2.75, 3.05) is 7.11 Å². The first-order valence-electron chi connectivity index (χ1n) is 4.09. The van der Waals surface area contributed by atoms with Gasteiger partial charge in [0.05, 0.1) is 12.7 Å². The molecule has 0 bridgehead atoms. The highest BCUT2D eigenvalue weighted by Crippen LogP contribution is 2.25. The van der Waals surface area contributed by atoms with Crippen molar-refractivity contribution in [3.05, 3.63) is 29.1 Å². The normalized spacial score (nSPS) is 9.80. The molecule has 80 valence electrons. The van der Waals surface area contributed by atoms with Crippen LogP contribution in [0.5, 0.6) is 5.75 Å². The van der Waals surface area contributed by atoms with Crippen LogP contribution in [-0.2, 0) is 4.79 Å². The Morgan fingerprint density at radius 2 is 2.00 bits per heavy atom. The molecular weight excluding hydrogens is 203 g/mol. The van der Waals surface area contributed by atoms with E-state index in [1.807, 2.05) is 0 Å². The van der Waals surface area contributed by atoms with Gasteiger partial charge in [0, 0.05) is 5.56 Å². The summed E-state index contributed by atoms with van der Waals surface area (Å²) in [4.78, 5) is 21.7. The molecule has 0 saturated carbocycles. The molecule has 0 aliphatic carbocycles. The summed E-state index contributed by atoms with van der Waals surface area (Å²) in [6.45, 7) is 1.41. The summed E-state index contributed by atoms with van der Waals surface area (Å²) in [7, 11) is 1.25. The lowest BCUT2D eigenvalue weighted by Crippen LogP contribution is -2.14. The lowest BCUT2D eigenvalue weighted by molar-refractivity contribution is -0.131. The maximum Gasteiger partial charge on any atom is 0.377 e. The fourth-order valence-corrected chi connectivity index (χ4v) is 1.22. The largest absolute Gasteiger partial charge is 0.496 e. The van der Waals surface area contributed by atoms with E-state index in [0.717, 1.165) is 12.1 Å². The maximum absolute atomic E-state index is 13.1. The van der Waals surface area contributed by atoms with E-state index >= 15 is 0 Å². The molecule has 0 saturated heterocycles. The van der Waals surface area contributed by atoms with Crippen LogP contribution >= 0.6 is 0 Å². The number of carbonyl (C=O) groups is 2. The molecule has 0 aromatic heterocycles. The van der Waals surface area contributed by atoms with Crippen molar-refractivity contribution in [1.82, 2.24) is 0 Å². The first-order valence-corrected chi connectivity index (χ1v) is 4.09. The van der Waals surface area contributed by atoms with Crippen LogP contribution in [0.2, 0.25) is 0 Å². The first kappa shape index (κ1) is 11.2. The number of ketones is 1. The van der Waals surface area contributed by atoms with Gasteiger partial charge in [0.2, 0.25) is 0 Å². The van der Waals surface area contributed by atoms with Crippen molar-refractivity contribution in [2.24, 2.45) is 0 Å². The number of carboxylic acid groups (broad SMARTS) is 1. The minimum absolute atomic E-state index is 0.0394. The number of halogens is 1. The fraction of sp³-hybridized carbons (Fsp3) is 0.200. The van der Waals surface area contributed by atoms with E-state index < -0.39 is 17.6 Å². The van der Waals surface area contributed by atoms with E-state index in [-0.39, 0.29) is 16.9 Å². The Kier molecular flexibility index (Phi) is 3.04. The van der Waals surface area contributed by atoms with Crippen LogP contribution in [-0.4, -0.2) is 24.0 Å². The Morgan fingerprint density at radius 3 is 2.47 bits per heavy atom. The molecule has 0 amide bonds. The number of hydrogen-bond donors (Lipinski definition) is 1. The van der Waals surface area contributed by atoms with Gasteiger partial charge < -0.3 is 9.84 Å². The van der Waals surface area contributed by atoms with Crippen LogP contribution in [0.3, 0.4) is 0 Å². The van der Waals surface area contributed by atoms with Gasteiger partial charge in [0.25, 0.3) is 5.78 Å². The van der Waals surface area contributed by atoms with Crippen LogP contribution < -0.4 is 4.74 Å². The van der Waals surface area contributed by atoms with Gasteiger partial charge in [-0.1, -0.05) is 0 Å². The van der Waals surface area contributed by atoms with Gasteiger partial charge in [-0.15, -0.1) is 0 Å². The number of ether oxygens (including phenoxy) is 1. The van der Waals surface area contributed by atoms with Gasteiger partial charge in [-0.3, -0.25) is 4.79 Å². The standard InChI is InChI=1S/C10H9FO4/c1-5-7(11)4-3-6(9(5)15-2)8(12)10(13)14/h3-4H,1-2H3,(H,13,14). The van der Waals surface area contributed by atoms with Gasteiger partial charge in [-0.25, -0.2) is 9.18 Å². The summed E-state index contributed by atoms with van der Waals surface area (Å²) >= 11 is 0. The quantitative estimate of drug-likeness (QED) is 0.607. The van der Waals surface area contributed by atoms with E-state index in [2.05, 4.69) is 0 Å². The third-order valence-corrected chi connectivity index (χ3v) is 1.98. The molecule has 4 nitrogen and oxygen atoms in total. The van der Waals surface area contributed by atoms with Crippen molar-refractivity contribution in [3.8, 4) is 5.75 Å². The highest BCUT2D eigenvalue weighted by Gasteiger charge is 2.21. The fourth-order valence-electron chi connectivity index (χ4n) is 1.22. The third-order valence-electron chi connectivity index (χ3n) is 1.98. The Labute approximate surface area is 85.3 Å². The third kappa shape index (κ3) is 1.96. The number of carboxylic acids is 1. The number of carbonyl (C=O) groups excluding carboxylic acids is 1. The molecule has 0 spiro atoms. The molecule has 0 radical (unpaired) electrons. The lowest BCUT2D eigenvalue weighted by atomic mass is 10.1. The molecule has 1 aromatic rings. The van der Waals surface area contributed by atoms with Crippen LogP contribution in [0.4, 0.5) is 4.39 Å². The molecule has 5 heteroatoms. The predicted molar refractivity (Wildman–Crippen MR) is 49.7 cm³/mol. The Balaban J connectivity index is 3.37. The number of rotatable bonds is 3. The SMILES string of the molecule is COc1c(C(=O)C(=O)O)ccc(F)c1C.